The van der Waals surface area contributed by atoms with Gasteiger partial charge in [-0.2, -0.15) is 5.10 Å². The fraction of sp³-hybridized carbons (Fsp3) is 0.250. The van der Waals surface area contributed by atoms with Gasteiger partial charge in [-0.1, -0.05) is 0 Å². The summed E-state index contributed by atoms with van der Waals surface area (Å²) in [6.45, 7) is 0. The summed E-state index contributed by atoms with van der Waals surface area (Å²) in [6.07, 6.45) is 6.09. The summed E-state index contributed by atoms with van der Waals surface area (Å²) in [6, 6.07) is 2.59. The third-order valence-electron chi connectivity index (χ3n) is 2.99. The molecule has 0 radical (unpaired) electrons. The van der Waals surface area contributed by atoms with Crippen LogP contribution in [-0.2, 0) is 0 Å². The molecule has 1 saturated carbocycles. The van der Waals surface area contributed by atoms with Gasteiger partial charge in [0.2, 0.25) is 5.95 Å². The lowest BCUT2D eigenvalue weighted by molar-refractivity contribution is 1.08. The van der Waals surface area contributed by atoms with Crippen molar-refractivity contribution in [3.05, 3.63) is 23.8 Å². The Hall–Kier alpha value is -1.95. The molecule has 1 fully saturated rings. The van der Waals surface area contributed by atoms with Crippen LogP contribution in [0.1, 0.15) is 12.8 Å². The first kappa shape index (κ1) is 10.0. The number of aromatic nitrogens is 4. The maximum absolute atomic E-state index is 4.62. The number of nitrogens with zero attached hydrogens (tertiary/aromatic N) is 3. The Morgan fingerprint density at radius 1 is 1.33 bits per heavy atom. The van der Waals surface area contributed by atoms with Crippen molar-refractivity contribution in [1.82, 2.24) is 20.2 Å². The molecule has 6 heteroatoms. The van der Waals surface area contributed by atoms with E-state index in [1.54, 1.807) is 17.5 Å². The van der Waals surface area contributed by atoms with E-state index < -0.39 is 0 Å². The van der Waals surface area contributed by atoms with Crippen LogP contribution in [0.25, 0.3) is 21.5 Å². The average Bonchev–Trinajstić information content (AvgIpc) is 2.89. The zero-order chi connectivity index (χ0) is 11.9. The summed E-state index contributed by atoms with van der Waals surface area (Å²) in [7, 11) is 0. The largest absolute Gasteiger partial charge is 0.351 e. The molecular weight excluding hydrogens is 246 g/mol. The van der Waals surface area contributed by atoms with Crippen LogP contribution in [0.4, 0.5) is 5.95 Å². The number of thiophene rings is 1. The Morgan fingerprint density at radius 2 is 2.28 bits per heavy atom. The van der Waals surface area contributed by atoms with E-state index in [2.05, 4.69) is 25.5 Å². The molecule has 4 rings (SSSR count). The van der Waals surface area contributed by atoms with Gasteiger partial charge in [0.05, 0.1) is 22.1 Å². The van der Waals surface area contributed by atoms with E-state index in [0.717, 1.165) is 27.4 Å². The zero-order valence-electron chi connectivity index (χ0n) is 9.55. The number of hydrogen-bond acceptors (Lipinski definition) is 5. The first-order valence-corrected chi connectivity index (χ1v) is 6.79. The second-order valence-corrected chi connectivity index (χ2v) is 5.35. The minimum atomic E-state index is 0.554. The Balaban J connectivity index is 1.89. The zero-order valence-corrected chi connectivity index (χ0v) is 10.4. The van der Waals surface area contributed by atoms with E-state index in [9.17, 15) is 0 Å². The third-order valence-corrected chi connectivity index (χ3v) is 3.90. The maximum atomic E-state index is 4.62. The normalized spacial score (nSPS) is 15.1. The summed E-state index contributed by atoms with van der Waals surface area (Å²) in [4.78, 5) is 9.17. The second-order valence-electron chi connectivity index (χ2n) is 4.44. The van der Waals surface area contributed by atoms with Crippen LogP contribution < -0.4 is 5.32 Å². The molecule has 1 aliphatic rings. The van der Waals surface area contributed by atoms with Crippen molar-refractivity contribution < 1.29 is 0 Å². The van der Waals surface area contributed by atoms with Gasteiger partial charge in [0.1, 0.15) is 0 Å². The third kappa shape index (κ3) is 1.65. The van der Waals surface area contributed by atoms with Crippen LogP contribution in [0.3, 0.4) is 0 Å². The molecule has 0 saturated heterocycles. The minimum absolute atomic E-state index is 0.554. The molecule has 0 aromatic carbocycles. The molecule has 0 spiro atoms. The van der Waals surface area contributed by atoms with Crippen LogP contribution in [0.2, 0.25) is 0 Å². The number of anilines is 1. The monoisotopic (exact) mass is 257 g/mol. The molecule has 1 aliphatic carbocycles. The van der Waals surface area contributed by atoms with E-state index in [1.165, 1.54) is 12.8 Å². The Labute approximate surface area is 107 Å². The smallest absolute Gasteiger partial charge is 0.224 e. The number of nitrogens with one attached hydrogen (secondary N) is 2. The summed E-state index contributed by atoms with van der Waals surface area (Å²) < 4.78 is 1.11. The van der Waals surface area contributed by atoms with Gasteiger partial charge < -0.3 is 5.32 Å². The lowest BCUT2D eigenvalue weighted by Gasteiger charge is -2.05. The van der Waals surface area contributed by atoms with Crippen LogP contribution in [0.5, 0.6) is 0 Å². The predicted octanol–water partition coefficient (Wildman–Crippen LogP) is 2.66. The number of hydrogen-bond donors (Lipinski definition) is 2. The van der Waals surface area contributed by atoms with Crippen LogP contribution in [0.15, 0.2) is 23.8 Å². The van der Waals surface area contributed by atoms with Crippen molar-refractivity contribution in [3.63, 3.8) is 0 Å². The molecular formula is C12H11N5S. The van der Waals surface area contributed by atoms with Crippen molar-refractivity contribution in [1.29, 1.82) is 0 Å². The lowest BCUT2D eigenvalue weighted by atomic mass is 10.2. The quantitative estimate of drug-likeness (QED) is 0.757. The molecule has 18 heavy (non-hydrogen) atoms. The minimum Gasteiger partial charge on any atom is -0.351 e. The standard InChI is InChI=1S/C12H11N5S/c1-2-8(1)15-12-16-9-3-4-18-11(9)10(17-12)7-5-13-14-6-7/h3-6,8H,1-2H2,(H,13,14)(H,15,16,17). The Bertz CT molecular complexity index is 684. The van der Waals surface area contributed by atoms with Crippen molar-refractivity contribution in [3.8, 4) is 11.3 Å². The van der Waals surface area contributed by atoms with E-state index in [-0.39, 0.29) is 0 Å². The number of rotatable bonds is 3. The van der Waals surface area contributed by atoms with E-state index in [1.807, 2.05) is 17.6 Å². The molecule has 90 valence electrons. The van der Waals surface area contributed by atoms with Gasteiger partial charge in [-0.25, -0.2) is 9.97 Å². The molecule has 0 atom stereocenters. The Morgan fingerprint density at radius 3 is 3.06 bits per heavy atom. The van der Waals surface area contributed by atoms with Gasteiger partial charge in [-0.3, -0.25) is 5.10 Å². The maximum Gasteiger partial charge on any atom is 0.224 e. The summed E-state index contributed by atoms with van der Waals surface area (Å²) in [5.74, 6) is 0.722. The Kier molecular flexibility index (Phi) is 2.10. The van der Waals surface area contributed by atoms with E-state index in [0.29, 0.717) is 6.04 Å². The van der Waals surface area contributed by atoms with Gasteiger partial charge in [0.15, 0.2) is 0 Å². The highest BCUT2D eigenvalue weighted by atomic mass is 32.1. The summed E-state index contributed by atoms with van der Waals surface area (Å²) in [5, 5.41) is 12.2. The molecule has 0 aliphatic heterocycles. The SMILES string of the molecule is c1cc2nc(NC3CC3)nc(-c3cn[nH]c3)c2s1. The van der Waals surface area contributed by atoms with E-state index >= 15 is 0 Å². The fourth-order valence-electron chi connectivity index (χ4n) is 1.91. The highest BCUT2D eigenvalue weighted by molar-refractivity contribution is 7.17. The first-order chi connectivity index (χ1) is 8.90. The van der Waals surface area contributed by atoms with Gasteiger partial charge in [-0.15, -0.1) is 11.3 Å². The topological polar surface area (TPSA) is 66.5 Å². The van der Waals surface area contributed by atoms with Crippen LogP contribution in [-0.4, -0.2) is 26.2 Å². The molecule has 0 bridgehead atoms. The molecule has 3 aromatic rings. The highest BCUT2D eigenvalue weighted by Crippen LogP contribution is 2.32. The number of fused-ring (bicyclic) bond motifs is 1. The molecule has 0 amide bonds. The number of aromatic amines is 1. The number of H-pyrrole nitrogens is 1. The lowest BCUT2D eigenvalue weighted by Crippen LogP contribution is -2.05. The molecule has 3 aromatic heterocycles. The molecule has 0 unspecified atom stereocenters. The average molecular weight is 257 g/mol. The van der Waals surface area contributed by atoms with Crippen molar-refractivity contribution in [2.24, 2.45) is 0 Å². The van der Waals surface area contributed by atoms with Gasteiger partial charge in [0, 0.05) is 17.8 Å². The van der Waals surface area contributed by atoms with Crippen LogP contribution >= 0.6 is 11.3 Å². The fourth-order valence-corrected chi connectivity index (χ4v) is 2.76. The molecule has 2 N–H and O–H groups in total. The van der Waals surface area contributed by atoms with Crippen molar-refractivity contribution in [2.75, 3.05) is 5.32 Å². The predicted molar refractivity (Wildman–Crippen MR) is 71.6 cm³/mol. The summed E-state index contributed by atoms with van der Waals surface area (Å²) in [5.41, 5.74) is 2.95. The van der Waals surface area contributed by atoms with Crippen LogP contribution in [0, 0.1) is 0 Å². The molecule has 5 nitrogen and oxygen atoms in total. The van der Waals surface area contributed by atoms with Gasteiger partial charge in [-0.05, 0) is 24.3 Å². The van der Waals surface area contributed by atoms with E-state index in [4.69, 9.17) is 0 Å². The molecule has 3 heterocycles. The summed E-state index contributed by atoms with van der Waals surface area (Å²) >= 11 is 1.66. The van der Waals surface area contributed by atoms with Crippen molar-refractivity contribution in [2.45, 2.75) is 18.9 Å². The first-order valence-electron chi connectivity index (χ1n) is 5.91. The second kappa shape index (κ2) is 3.78. The van der Waals surface area contributed by atoms with Crippen molar-refractivity contribution >= 4 is 27.5 Å². The van der Waals surface area contributed by atoms with Gasteiger partial charge >= 0.3 is 0 Å². The highest BCUT2D eigenvalue weighted by Gasteiger charge is 2.22. The van der Waals surface area contributed by atoms with Gasteiger partial charge in [0.25, 0.3) is 0 Å².